The molecular weight excluding hydrogens is 460 g/mol. The Morgan fingerprint density at radius 3 is 2.33 bits per heavy atom. The van der Waals surface area contributed by atoms with Crippen LogP contribution in [0.4, 0.5) is 0 Å². The lowest BCUT2D eigenvalue weighted by molar-refractivity contribution is -0.123. The first-order valence-corrected chi connectivity index (χ1v) is 11.0. The van der Waals surface area contributed by atoms with Crippen molar-refractivity contribution >= 4 is 28.9 Å². The zero-order valence-electron chi connectivity index (χ0n) is 19.8. The van der Waals surface area contributed by atoms with Crippen LogP contribution in [0.5, 0.6) is 23.0 Å². The lowest BCUT2D eigenvalue weighted by Crippen LogP contribution is -2.24. The molecule has 0 atom stereocenters. The first-order chi connectivity index (χ1) is 17.6. The first-order valence-electron chi connectivity index (χ1n) is 11.0. The summed E-state index contributed by atoms with van der Waals surface area (Å²) in [7, 11) is 3.01. The Morgan fingerprint density at radius 2 is 1.56 bits per heavy atom. The van der Waals surface area contributed by atoms with E-state index >= 15 is 0 Å². The van der Waals surface area contributed by atoms with Crippen LogP contribution in [0.15, 0.2) is 90.0 Å². The molecule has 0 bridgehead atoms. The molecule has 0 radical (unpaired) electrons. The summed E-state index contributed by atoms with van der Waals surface area (Å²) in [4.78, 5) is 25.1. The minimum Gasteiger partial charge on any atom is -0.493 e. The summed E-state index contributed by atoms with van der Waals surface area (Å²) < 4.78 is 21.6. The Hall–Kier alpha value is -4.85. The van der Waals surface area contributed by atoms with Gasteiger partial charge < -0.3 is 18.9 Å². The third kappa shape index (κ3) is 5.79. The Labute approximate surface area is 208 Å². The van der Waals surface area contributed by atoms with Gasteiger partial charge in [0.2, 0.25) is 0 Å². The molecule has 4 rings (SSSR count). The van der Waals surface area contributed by atoms with Crippen molar-refractivity contribution in [2.24, 2.45) is 5.10 Å². The Balaban J connectivity index is 1.53. The number of para-hydroxylation sites is 1. The number of amides is 1. The average Bonchev–Trinajstić information content (AvgIpc) is 2.93. The smallest absolute Gasteiger partial charge is 0.343 e. The predicted octanol–water partition coefficient (Wildman–Crippen LogP) is 4.61. The molecule has 4 aromatic rings. The molecule has 1 N–H and O–H groups in total. The summed E-state index contributed by atoms with van der Waals surface area (Å²) in [5.41, 5.74) is 3.26. The van der Waals surface area contributed by atoms with E-state index in [0.717, 1.165) is 10.8 Å². The maximum Gasteiger partial charge on any atom is 0.343 e. The number of methoxy groups -OCH3 is 2. The summed E-state index contributed by atoms with van der Waals surface area (Å²) >= 11 is 0. The van der Waals surface area contributed by atoms with Crippen molar-refractivity contribution in [3.05, 3.63) is 96.1 Å². The number of nitrogens with one attached hydrogen (secondary N) is 1. The van der Waals surface area contributed by atoms with Crippen molar-refractivity contribution < 1.29 is 28.5 Å². The van der Waals surface area contributed by atoms with Crippen molar-refractivity contribution in [2.75, 3.05) is 20.8 Å². The quantitative estimate of drug-likeness (QED) is 0.161. The van der Waals surface area contributed by atoms with Gasteiger partial charge in [-0.15, -0.1) is 0 Å². The molecule has 0 spiro atoms. The summed E-state index contributed by atoms with van der Waals surface area (Å²) in [6.45, 7) is -0.196. The van der Waals surface area contributed by atoms with E-state index in [1.165, 1.54) is 20.4 Å². The molecule has 36 heavy (non-hydrogen) atoms. The molecular formula is C28H24N2O6. The molecule has 0 aromatic heterocycles. The van der Waals surface area contributed by atoms with E-state index in [1.54, 1.807) is 36.4 Å². The van der Waals surface area contributed by atoms with Gasteiger partial charge in [-0.1, -0.05) is 48.5 Å². The summed E-state index contributed by atoms with van der Waals surface area (Å²) in [6, 6.07) is 24.9. The number of carbonyl (C=O) groups is 2. The number of nitrogens with zero attached hydrogens (tertiary/aromatic N) is 1. The molecule has 0 fully saturated rings. The monoisotopic (exact) mass is 484 g/mol. The lowest BCUT2D eigenvalue weighted by atomic mass is 10.0. The number of fused-ring (bicyclic) bond motifs is 1. The zero-order chi connectivity index (χ0) is 25.3. The number of hydrogen-bond donors (Lipinski definition) is 1. The van der Waals surface area contributed by atoms with Crippen molar-refractivity contribution in [2.45, 2.75) is 0 Å². The van der Waals surface area contributed by atoms with Crippen molar-refractivity contribution in [1.29, 1.82) is 0 Å². The van der Waals surface area contributed by atoms with Crippen LogP contribution >= 0.6 is 0 Å². The van der Waals surface area contributed by atoms with Crippen LogP contribution in [0.25, 0.3) is 10.8 Å². The Morgan fingerprint density at radius 1 is 0.833 bits per heavy atom. The van der Waals surface area contributed by atoms with E-state index in [1.807, 2.05) is 48.5 Å². The van der Waals surface area contributed by atoms with Crippen LogP contribution in [0.1, 0.15) is 15.9 Å². The third-order valence-corrected chi connectivity index (χ3v) is 5.25. The van der Waals surface area contributed by atoms with Gasteiger partial charge in [0, 0.05) is 5.56 Å². The van der Waals surface area contributed by atoms with Crippen molar-refractivity contribution in [3.63, 3.8) is 0 Å². The number of carbonyl (C=O) groups excluding carboxylic acids is 2. The van der Waals surface area contributed by atoms with E-state index in [9.17, 15) is 9.59 Å². The number of ether oxygens (including phenoxy) is 4. The fraction of sp³-hybridized carbons (Fsp3) is 0.107. The van der Waals surface area contributed by atoms with Crippen LogP contribution in [-0.4, -0.2) is 38.9 Å². The maximum atomic E-state index is 12.9. The van der Waals surface area contributed by atoms with Crippen LogP contribution in [0.2, 0.25) is 0 Å². The minimum absolute atomic E-state index is 0.196. The SMILES string of the molecule is COc1ccc(C(=O)Oc2ccc3ccccc3c2C=NNC(=O)COc2ccccc2)cc1OC. The molecule has 0 aliphatic carbocycles. The zero-order valence-corrected chi connectivity index (χ0v) is 19.8. The van der Waals surface area contributed by atoms with Gasteiger partial charge >= 0.3 is 5.97 Å². The second kappa shape index (κ2) is 11.5. The molecule has 0 saturated carbocycles. The van der Waals surface area contributed by atoms with Crippen LogP contribution in [0.3, 0.4) is 0 Å². The second-order valence-corrected chi connectivity index (χ2v) is 7.55. The molecule has 8 heteroatoms. The van der Waals surface area contributed by atoms with Crippen molar-refractivity contribution in [3.8, 4) is 23.0 Å². The fourth-order valence-corrected chi connectivity index (χ4v) is 3.49. The highest BCUT2D eigenvalue weighted by Gasteiger charge is 2.16. The van der Waals surface area contributed by atoms with Gasteiger partial charge in [-0.25, -0.2) is 10.2 Å². The highest BCUT2D eigenvalue weighted by molar-refractivity contribution is 6.04. The molecule has 0 aliphatic heterocycles. The highest BCUT2D eigenvalue weighted by Crippen LogP contribution is 2.30. The van der Waals surface area contributed by atoms with E-state index < -0.39 is 11.9 Å². The Kier molecular flexibility index (Phi) is 7.77. The standard InChI is InChI=1S/C28H24N2O6/c1-33-25-15-13-20(16-26(25)34-2)28(32)36-24-14-12-19-8-6-7-11-22(19)23(24)17-29-30-27(31)18-35-21-9-4-3-5-10-21/h3-17H,18H2,1-2H3,(H,30,31). The van der Waals surface area contributed by atoms with Crippen LogP contribution in [-0.2, 0) is 4.79 Å². The lowest BCUT2D eigenvalue weighted by Gasteiger charge is -2.12. The van der Waals surface area contributed by atoms with E-state index in [4.69, 9.17) is 18.9 Å². The molecule has 4 aromatic carbocycles. The van der Waals surface area contributed by atoms with Gasteiger partial charge in [0.25, 0.3) is 5.91 Å². The van der Waals surface area contributed by atoms with Crippen molar-refractivity contribution in [1.82, 2.24) is 5.43 Å². The maximum absolute atomic E-state index is 12.9. The van der Waals surface area contributed by atoms with Gasteiger partial charge in [0.1, 0.15) is 11.5 Å². The number of rotatable bonds is 9. The number of esters is 1. The van der Waals surface area contributed by atoms with Gasteiger partial charge in [-0.05, 0) is 47.2 Å². The molecule has 0 aliphatic rings. The van der Waals surface area contributed by atoms with Gasteiger partial charge in [-0.2, -0.15) is 5.10 Å². The molecule has 8 nitrogen and oxygen atoms in total. The largest absolute Gasteiger partial charge is 0.493 e. The third-order valence-electron chi connectivity index (χ3n) is 5.25. The normalized spacial score (nSPS) is 10.7. The second-order valence-electron chi connectivity index (χ2n) is 7.55. The van der Waals surface area contributed by atoms with E-state index in [-0.39, 0.29) is 17.9 Å². The predicted molar refractivity (Wildman–Crippen MR) is 136 cm³/mol. The van der Waals surface area contributed by atoms with E-state index in [2.05, 4.69) is 10.5 Å². The fourth-order valence-electron chi connectivity index (χ4n) is 3.49. The molecule has 1 amide bonds. The first kappa shape index (κ1) is 24.3. The van der Waals surface area contributed by atoms with Gasteiger partial charge in [0.05, 0.1) is 26.0 Å². The van der Waals surface area contributed by atoms with Gasteiger partial charge in [-0.3, -0.25) is 4.79 Å². The highest BCUT2D eigenvalue weighted by atomic mass is 16.5. The van der Waals surface area contributed by atoms with Gasteiger partial charge in [0.15, 0.2) is 18.1 Å². The Bertz CT molecular complexity index is 1400. The molecule has 0 heterocycles. The number of hydrogen-bond acceptors (Lipinski definition) is 7. The number of hydrazone groups is 1. The molecule has 0 saturated heterocycles. The average molecular weight is 485 g/mol. The van der Waals surface area contributed by atoms with E-state index in [0.29, 0.717) is 22.8 Å². The minimum atomic E-state index is -0.582. The molecule has 182 valence electrons. The number of benzene rings is 4. The summed E-state index contributed by atoms with van der Waals surface area (Å²) in [6.07, 6.45) is 1.44. The topological polar surface area (TPSA) is 95.5 Å². The summed E-state index contributed by atoms with van der Waals surface area (Å²) in [5, 5.41) is 5.78. The van der Waals surface area contributed by atoms with Crippen LogP contribution < -0.4 is 24.4 Å². The molecule has 0 unspecified atom stereocenters. The van der Waals surface area contributed by atoms with Crippen LogP contribution in [0, 0.1) is 0 Å². The summed E-state index contributed by atoms with van der Waals surface area (Å²) in [5.74, 6) is 0.759.